The maximum absolute atomic E-state index is 13.3. The Bertz CT molecular complexity index is 895. The molecule has 2 aromatic carbocycles. The highest BCUT2D eigenvalue weighted by atomic mass is 19.1. The van der Waals surface area contributed by atoms with Crippen molar-refractivity contribution in [2.45, 2.75) is 6.61 Å². The lowest BCUT2D eigenvalue weighted by molar-refractivity contribution is -0.386. The zero-order chi connectivity index (χ0) is 17.8. The molecule has 0 spiro atoms. The van der Waals surface area contributed by atoms with Crippen molar-refractivity contribution >= 4 is 5.69 Å². The van der Waals surface area contributed by atoms with Gasteiger partial charge in [0, 0.05) is 17.7 Å². The Hall–Kier alpha value is -3.49. The van der Waals surface area contributed by atoms with Crippen LogP contribution < -0.4 is 9.47 Å². The summed E-state index contributed by atoms with van der Waals surface area (Å²) >= 11 is 0. The number of methoxy groups -OCH3 is 1. The van der Waals surface area contributed by atoms with Crippen LogP contribution in [0, 0.1) is 15.9 Å². The van der Waals surface area contributed by atoms with Crippen molar-refractivity contribution in [3.63, 3.8) is 0 Å². The molecule has 0 saturated carbocycles. The van der Waals surface area contributed by atoms with Crippen LogP contribution in [0.25, 0.3) is 11.5 Å². The van der Waals surface area contributed by atoms with Gasteiger partial charge >= 0.3 is 5.69 Å². The number of halogens is 1. The minimum absolute atomic E-state index is 0.171. The van der Waals surface area contributed by atoms with Crippen molar-refractivity contribution in [2.24, 2.45) is 0 Å². The summed E-state index contributed by atoms with van der Waals surface area (Å²) in [5, 5.41) is 14.7. The van der Waals surface area contributed by atoms with E-state index in [1.54, 1.807) is 31.4 Å². The highest BCUT2D eigenvalue weighted by Crippen LogP contribution is 2.28. The summed E-state index contributed by atoms with van der Waals surface area (Å²) in [4.78, 5) is 14.4. The minimum Gasteiger partial charge on any atom is -0.497 e. The molecule has 8 nitrogen and oxygen atoms in total. The average molecular weight is 345 g/mol. The van der Waals surface area contributed by atoms with Crippen LogP contribution in [0.3, 0.4) is 0 Å². The van der Waals surface area contributed by atoms with Gasteiger partial charge in [0.1, 0.15) is 11.6 Å². The van der Waals surface area contributed by atoms with Crippen molar-refractivity contribution in [3.8, 4) is 23.0 Å². The molecule has 3 rings (SSSR count). The summed E-state index contributed by atoms with van der Waals surface area (Å²) in [6, 6.07) is 9.92. The zero-order valence-electron chi connectivity index (χ0n) is 13.0. The van der Waals surface area contributed by atoms with Gasteiger partial charge in [0.2, 0.25) is 5.82 Å². The van der Waals surface area contributed by atoms with Gasteiger partial charge < -0.3 is 14.0 Å². The minimum atomic E-state index is -0.659. The fourth-order valence-electron chi connectivity index (χ4n) is 2.06. The molecule has 1 heterocycles. The SMILES string of the molecule is COc1ccc(-c2nc(COc3cc(F)ccc3[N+](=O)[O-])no2)cc1. The number of ether oxygens (including phenoxy) is 2. The molecule has 0 aliphatic rings. The predicted molar refractivity (Wildman–Crippen MR) is 83.7 cm³/mol. The number of hydrogen-bond donors (Lipinski definition) is 0. The molecule has 0 saturated heterocycles. The van der Waals surface area contributed by atoms with Crippen LogP contribution in [0.5, 0.6) is 11.5 Å². The lowest BCUT2D eigenvalue weighted by Crippen LogP contribution is -2.01. The first kappa shape index (κ1) is 16.4. The number of benzene rings is 2. The van der Waals surface area contributed by atoms with Crippen molar-refractivity contribution in [1.82, 2.24) is 10.1 Å². The molecular formula is C16H12FN3O5. The van der Waals surface area contributed by atoms with Gasteiger partial charge in [-0.15, -0.1) is 0 Å². The van der Waals surface area contributed by atoms with Crippen molar-refractivity contribution in [1.29, 1.82) is 0 Å². The van der Waals surface area contributed by atoms with E-state index >= 15 is 0 Å². The van der Waals surface area contributed by atoms with Crippen LogP contribution in [0.15, 0.2) is 47.0 Å². The normalized spacial score (nSPS) is 10.5. The largest absolute Gasteiger partial charge is 0.497 e. The Morgan fingerprint density at radius 1 is 1.24 bits per heavy atom. The third-order valence-corrected chi connectivity index (χ3v) is 3.28. The van der Waals surface area contributed by atoms with E-state index in [0.29, 0.717) is 11.3 Å². The number of aromatic nitrogens is 2. The topological polar surface area (TPSA) is 101 Å². The third-order valence-electron chi connectivity index (χ3n) is 3.28. The summed E-state index contributed by atoms with van der Waals surface area (Å²) in [5.74, 6) is 0.262. The van der Waals surface area contributed by atoms with Gasteiger partial charge in [-0.05, 0) is 30.3 Å². The van der Waals surface area contributed by atoms with Crippen molar-refractivity contribution in [3.05, 3.63) is 64.2 Å². The van der Waals surface area contributed by atoms with E-state index < -0.39 is 10.7 Å². The zero-order valence-corrected chi connectivity index (χ0v) is 13.0. The van der Waals surface area contributed by atoms with Crippen LogP contribution in [0.1, 0.15) is 5.82 Å². The maximum Gasteiger partial charge on any atom is 0.311 e. The summed E-state index contributed by atoms with van der Waals surface area (Å²) in [6.07, 6.45) is 0. The molecular weight excluding hydrogens is 333 g/mol. The third kappa shape index (κ3) is 3.71. The summed E-state index contributed by atoms with van der Waals surface area (Å²) in [7, 11) is 1.56. The molecule has 25 heavy (non-hydrogen) atoms. The molecule has 0 amide bonds. The summed E-state index contributed by atoms with van der Waals surface area (Å²) in [5.41, 5.74) is 0.330. The molecule has 128 valence electrons. The van der Waals surface area contributed by atoms with E-state index in [1.807, 2.05) is 0 Å². The van der Waals surface area contributed by atoms with Gasteiger partial charge in [-0.3, -0.25) is 10.1 Å². The lowest BCUT2D eigenvalue weighted by atomic mass is 10.2. The Morgan fingerprint density at radius 2 is 2.00 bits per heavy atom. The molecule has 0 aliphatic heterocycles. The predicted octanol–water partition coefficient (Wildman–Crippen LogP) is 3.37. The molecule has 1 aromatic heterocycles. The number of rotatable bonds is 6. The molecule has 0 unspecified atom stereocenters. The van der Waals surface area contributed by atoms with Gasteiger partial charge in [0.15, 0.2) is 12.4 Å². The van der Waals surface area contributed by atoms with E-state index in [2.05, 4.69) is 10.1 Å². The van der Waals surface area contributed by atoms with E-state index in [1.165, 1.54) is 0 Å². The van der Waals surface area contributed by atoms with E-state index in [0.717, 1.165) is 18.2 Å². The van der Waals surface area contributed by atoms with Gasteiger partial charge in [-0.1, -0.05) is 5.16 Å². The Kier molecular flexibility index (Phi) is 4.55. The highest BCUT2D eigenvalue weighted by molar-refractivity contribution is 5.54. The Balaban J connectivity index is 1.74. The molecule has 0 atom stereocenters. The lowest BCUT2D eigenvalue weighted by Gasteiger charge is -2.04. The molecule has 3 aromatic rings. The van der Waals surface area contributed by atoms with Crippen LogP contribution in [0.2, 0.25) is 0 Å². The molecule has 0 radical (unpaired) electrons. The monoisotopic (exact) mass is 345 g/mol. The van der Waals surface area contributed by atoms with Gasteiger partial charge in [0.05, 0.1) is 12.0 Å². The van der Waals surface area contributed by atoms with Crippen LogP contribution in [0.4, 0.5) is 10.1 Å². The molecule has 0 fully saturated rings. The second kappa shape index (κ2) is 6.95. The van der Waals surface area contributed by atoms with E-state index in [9.17, 15) is 14.5 Å². The van der Waals surface area contributed by atoms with Gasteiger partial charge in [0.25, 0.3) is 5.89 Å². The first-order chi connectivity index (χ1) is 12.1. The van der Waals surface area contributed by atoms with Crippen molar-refractivity contribution < 1.29 is 23.3 Å². The molecule has 0 N–H and O–H groups in total. The fraction of sp³-hybridized carbons (Fsp3) is 0.125. The smallest absolute Gasteiger partial charge is 0.311 e. The first-order valence-electron chi connectivity index (χ1n) is 7.10. The standard InChI is InChI=1S/C16H12FN3O5/c1-23-12-5-2-10(3-6-12)16-18-15(19-25-16)9-24-14-8-11(17)4-7-13(14)20(21)22/h2-8H,9H2,1H3. The second-order valence-electron chi connectivity index (χ2n) is 4.90. The quantitative estimate of drug-likeness (QED) is 0.498. The summed E-state index contributed by atoms with van der Waals surface area (Å²) < 4.78 is 28.7. The van der Waals surface area contributed by atoms with Crippen LogP contribution >= 0.6 is 0 Å². The number of nitro groups is 1. The maximum atomic E-state index is 13.3. The average Bonchev–Trinajstić information content (AvgIpc) is 3.09. The van der Waals surface area contributed by atoms with Crippen molar-refractivity contribution in [2.75, 3.05) is 7.11 Å². The Morgan fingerprint density at radius 3 is 2.68 bits per heavy atom. The highest BCUT2D eigenvalue weighted by Gasteiger charge is 2.17. The van der Waals surface area contributed by atoms with Crippen LogP contribution in [-0.4, -0.2) is 22.2 Å². The van der Waals surface area contributed by atoms with Crippen LogP contribution in [-0.2, 0) is 6.61 Å². The fourth-order valence-corrected chi connectivity index (χ4v) is 2.06. The molecule has 0 bridgehead atoms. The van der Waals surface area contributed by atoms with Gasteiger partial charge in [-0.2, -0.15) is 4.98 Å². The first-order valence-corrected chi connectivity index (χ1v) is 7.10. The van der Waals surface area contributed by atoms with E-state index in [-0.39, 0.29) is 29.8 Å². The van der Waals surface area contributed by atoms with E-state index in [4.69, 9.17) is 14.0 Å². The number of nitrogens with zero attached hydrogens (tertiary/aromatic N) is 3. The molecule has 9 heteroatoms. The van der Waals surface area contributed by atoms with Gasteiger partial charge in [-0.25, -0.2) is 4.39 Å². The number of nitro benzene ring substituents is 1. The summed E-state index contributed by atoms with van der Waals surface area (Å²) in [6.45, 7) is -0.204. The number of hydrogen-bond acceptors (Lipinski definition) is 7. The Labute approximate surface area is 141 Å². The second-order valence-corrected chi connectivity index (χ2v) is 4.90. The molecule has 0 aliphatic carbocycles.